The number of hydrogen-bond acceptors (Lipinski definition) is 5. The normalized spacial score (nSPS) is 10.7. The van der Waals surface area contributed by atoms with Crippen LogP contribution in [0, 0.1) is 28.8 Å². The van der Waals surface area contributed by atoms with Crippen molar-refractivity contribution in [1.82, 2.24) is 4.98 Å². The molecule has 0 aliphatic rings. The van der Waals surface area contributed by atoms with E-state index in [0.717, 1.165) is 11.3 Å². The number of esters is 1. The predicted octanol–water partition coefficient (Wildman–Crippen LogP) is 4.16. The fourth-order valence-electron chi connectivity index (χ4n) is 2.57. The van der Waals surface area contributed by atoms with Gasteiger partial charge >= 0.3 is 5.97 Å². The van der Waals surface area contributed by atoms with Crippen LogP contribution in [0.3, 0.4) is 0 Å². The first kappa shape index (κ1) is 17.9. The van der Waals surface area contributed by atoms with Crippen molar-refractivity contribution in [3.63, 3.8) is 0 Å². The van der Waals surface area contributed by atoms with Gasteiger partial charge in [-0.25, -0.2) is 22.9 Å². The van der Waals surface area contributed by atoms with E-state index in [0.29, 0.717) is 22.2 Å². The zero-order chi connectivity index (χ0) is 18.8. The maximum Gasteiger partial charge on any atom is 0.337 e. The maximum atomic E-state index is 13.8. The molecule has 0 amide bonds. The van der Waals surface area contributed by atoms with Crippen molar-refractivity contribution in [3.8, 4) is 6.07 Å². The van der Waals surface area contributed by atoms with Gasteiger partial charge in [0.2, 0.25) is 0 Å². The zero-order valence-corrected chi connectivity index (χ0v) is 14.3. The summed E-state index contributed by atoms with van der Waals surface area (Å²) in [5.41, 5.74) is 1.14. The van der Waals surface area contributed by atoms with Crippen molar-refractivity contribution in [2.45, 2.75) is 12.8 Å². The molecule has 3 aromatic rings. The Morgan fingerprint density at radius 1 is 1.19 bits per heavy atom. The largest absolute Gasteiger partial charge is 0.465 e. The molecule has 0 radical (unpaired) electrons. The SMILES string of the molecule is COC(=O)c1cc(CC#N)cc(Cc2nc3c(F)c(F)cc(F)c3s2)c1. The van der Waals surface area contributed by atoms with Gasteiger partial charge in [0, 0.05) is 12.5 Å². The molecule has 3 rings (SSSR count). The van der Waals surface area contributed by atoms with Gasteiger partial charge in [-0.05, 0) is 23.3 Å². The van der Waals surface area contributed by atoms with Gasteiger partial charge < -0.3 is 4.74 Å². The van der Waals surface area contributed by atoms with E-state index in [1.165, 1.54) is 7.11 Å². The lowest BCUT2D eigenvalue weighted by Crippen LogP contribution is -2.04. The summed E-state index contributed by atoms with van der Waals surface area (Å²) in [5.74, 6) is -3.93. The van der Waals surface area contributed by atoms with Crippen molar-refractivity contribution in [2.24, 2.45) is 0 Å². The van der Waals surface area contributed by atoms with Gasteiger partial charge in [0.05, 0.1) is 34.9 Å². The molecule has 1 aromatic heterocycles. The first-order valence-electron chi connectivity index (χ1n) is 7.44. The van der Waals surface area contributed by atoms with Gasteiger partial charge in [0.25, 0.3) is 0 Å². The number of hydrogen-bond donors (Lipinski definition) is 0. The molecular formula is C18H11F3N2O2S. The molecule has 0 aliphatic carbocycles. The summed E-state index contributed by atoms with van der Waals surface area (Å²) >= 11 is 0.907. The quantitative estimate of drug-likeness (QED) is 0.507. The second-order valence-corrected chi connectivity index (χ2v) is 6.56. The van der Waals surface area contributed by atoms with Gasteiger partial charge in [0.15, 0.2) is 11.6 Å². The molecule has 0 N–H and O–H groups in total. The third kappa shape index (κ3) is 3.39. The predicted molar refractivity (Wildman–Crippen MR) is 89.4 cm³/mol. The summed E-state index contributed by atoms with van der Waals surface area (Å²) in [5, 5.41) is 9.23. The Hall–Kier alpha value is -2.92. The van der Waals surface area contributed by atoms with Gasteiger partial charge in [-0.2, -0.15) is 5.26 Å². The van der Waals surface area contributed by atoms with Crippen molar-refractivity contribution in [2.75, 3.05) is 7.11 Å². The average Bonchev–Trinajstić information content (AvgIpc) is 3.03. The number of methoxy groups -OCH3 is 1. The number of nitriles is 1. The number of nitrogens with zero attached hydrogens (tertiary/aromatic N) is 2. The summed E-state index contributed by atoms with van der Waals surface area (Å²) in [6.45, 7) is 0. The lowest BCUT2D eigenvalue weighted by Gasteiger charge is -2.06. The van der Waals surface area contributed by atoms with E-state index in [9.17, 15) is 18.0 Å². The van der Waals surface area contributed by atoms with Gasteiger partial charge in [-0.3, -0.25) is 0 Å². The monoisotopic (exact) mass is 376 g/mol. The highest BCUT2D eigenvalue weighted by atomic mass is 32.1. The summed E-state index contributed by atoms with van der Waals surface area (Å²) in [7, 11) is 1.24. The number of thiazole rings is 1. The van der Waals surface area contributed by atoms with E-state index < -0.39 is 23.4 Å². The van der Waals surface area contributed by atoms with Crippen LogP contribution in [-0.2, 0) is 17.6 Å². The number of benzene rings is 2. The third-order valence-electron chi connectivity index (χ3n) is 3.67. The number of carbonyl (C=O) groups is 1. The maximum absolute atomic E-state index is 13.8. The highest BCUT2D eigenvalue weighted by molar-refractivity contribution is 7.18. The van der Waals surface area contributed by atoms with E-state index in [4.69, 9.17) is 10.00 Å². The minimum absolute atomic E-state index is 0.0692. The number of ether oxygens (including phenoxy) is 1. The van der Waals surface area contributed by atoms with Crippen LogP contribution in [-0.4, -0.2) is 18.1 Å². The highest BCUT2D eigenvalue weighted by Crippen LogP contribution is 2.30. The molecule has 0 fully saturated rings. The second-order valence-electron chi connectivity index (χ2n) is 5.48. The van der Waals surface area contributed by atoms with Crippen molar-refractivity contribution >= 4 is 27.5 Å². The summed E-state index contributed by atoms with van der Waals surface area (Å²) in [6, 6.07) is 7.30. The van der Waals surface area contributed by atoms with Crippen LogP contribution >= 0.6 is 11.3 Å². The van der Waals surface area contributed by atoms with Crippen LogP contribution in [0.5, 0.6) is 0 Å². The van der Waals surface area contributed by atoms with E-state index in [1.807, 2.05) is 6.07 Å². The first-order chi connectivity index (χ1) is 12.4. The zero-order valence-electron chi connectivity index (χ0n) is 13.5. The molecule has 132 valence electrons. The minimum atomic E-state index is -1.30. The molecule has 0 spiro atoms. The number of halogens is 3. The molecule has 8 heteroatoms. The van der Waals surface area contributed by atoms with Crippen molar-refractivity contribution < 1.29 is 22.7 Å². The summed E-state index contributed by atoms with van der Waals surface area (Å²) in [6.07, 6.45) is 0.259. The Bertz CT molecular complexity index is 1060. The second kappa shape index (κ2) is 7.14. The molecule has 0 atom stereocenters. The van der Waals surface area contributed by atoms with Gasteiger partial charge in [-0.1, -0.05) is 6.07 Å². The molecular weight excluding hydrogens is 365 g/mol. The van der Waals surface area contributed by atoms with Crippen LogP contribution in [0.25, 0.3) is 10.2 Å². The van der Waals surface area contributed by atoms with E-state index in [2.05, 4.69) is 4.98 Å². The molecule has 26 heavy (non-hydrogen) atoms. The van der Waals surface area contributed by atoms with Crippen molar-refractivity contribution in [3.05, 3.63) is 63.4 Å². The van der Waals surface area contributed by atoms with E-state index >= 15 is 0 Å². The Balaban J connectivity index is 2.03. The van der Waals surface area contributed by atoms with Gasteiger partial charge in [-0.15, -0.1) is 11.3 Å². The van der Waals surface area contributed by atoms with Crippen LogP contribution in [0.15, 0.2) is 24.3 Å². The summed E-state index contributed by atoms with van der Waals surface area (Å²) in [4.78, 5) is 15.8. The number of rotatable bonds is 4. The standard InChI is InChI=1S/C18H11F3N2O2S/c1-25-18(24)11-5-9(2-3-22)4-10(6-11)7-14-23-16-15(21)12(19)8-13(20)17(16)26-14/h4-6,8H,2,7H2,1H3. The number of fused-ring (bicyclic) bond motifs is 1. The van der Waals surface area contributed by atoms with E-state index in [1.54, 1.807) is 18.2 Å². The van der Waals surface area contributed by atoms with Crippen LogP contribution < -0.4 is 0 Å². The molecule has 0 unspecified atom stereocenters. The van der Waals surface area contributed by atoms with E-state index in [-0.39, 0.29) is 28.6 Å². The molecule has 2 aromatic carbocycles. The fraction of sp³-hybridized carbons (Fsp3) is 0.167. The van der Waals surface area contributed by atoms with Crippen LogP contribution in [0.2, 0.25) is 0 Å². The smallest absolute Gasteiger partial charge is 0.337 e. The molecule has 0 bridgehead atoms. The molecule has 0 aliphatic heterocycles. The van der Waals surface area contributed by atoms with Crippen LogP contribution in [0.1, 0.15) is 26.5 Å². The lowest BCUT2D eigenvalue weighted by atomic mass is 10.0. The Morgan fingerprint density at radius 2 is 1.92 bits per heavy atom. The first-order valence-corrected chi connectivity index (χ1v) is 8.25. The summed E-state index contributed by atoms with van der Waals surface area (Å²) < 4.78 is 45.6. The topological polar surface area (TPSA) is 63.0 Å². The fourth-order valence-corrected chi connectivity index (χ4v) is 3.57. The number of carbonyl (C=O) groups excluding carboxylic acids is 1. The Kier molecular flexibility index (Phi) is 4.91. The number of aromatic nitrogens is 1. The molecule has 0 saturated heterocycles. The minimum Gasteiger partial charge on any atom is -0.465 e. The molecule has 0 saturated carbocycles. The Labute approximate surface area is 150 Å². The Morgan fingerprint density at radius 3 is 2.62 bits per heavy atom. The van der Waals surface area contributed by atoms with Gasteiger partial charge in [0.1, 0.15) is 11.3 Å². The molecule has 1 heterocycles. The molecule has 4 nitrogen and oxygen atoms in total. The van der Waals surface area contributed by atoms with Crippen molar-refractivity contribution in [1.29, 1.82) is 5.26 Å². The van der Waals surface area contributed by atoms with Crippen LogP contribution in [0.4, 0.5) is 13.2 Å². The highest BCUT2D eigenvalue weighted by Gasteiger charge is 2.18. The third-order valence-corrected chi connectivity index (χ3v) is 4.74. The lowest BCUT2D eigenvalue weighted by molar-refractivity contribution is 0.0600. The average molecular weight is 376 g/mol.